The lowest BCUT2D eigenvalue weighted by Gasteiger charge is -2.39. The second-order valence-corrected chi connectivity index (χ2v) is 22.1. The molecule has 0 radical (unpaired) electrons. The molecule has 0 saturated heterocycles. The van der Waals surface area contributed by atoms with Gasteiger partial charge in [0.05, 0.1) is 36.1 Å². The summed E-state index contributed by atoms with van der Waals surface area (Å²) < 4.78 is 31.7. The van der Waals surface area contributed by atoms with Crippen LogP contribution in [0.3, 0.4) is 0 Å². The van der Waals surface area contributed by atoms with Gasteiger partial charge < -0.3 is 35.5 Å². The number of esters is 1. The first kappa shape index (κ1) is 51.5. The van der Waals surface area contributed by atoms with E-state index in [-0.39, 0.29) is 30.8 Å². The first-order chi connectivity index (χ1) is 28.2. The van der Waals surface area contributed by atoms with Gasteiger partial charge in [-0.1, -0.05) is 74.9 Å². The van der Waals surface area contributed by atoms with E-state index in [1.807, 2.05) is 47.6 Å². The fourth-order valence-electron chi connectivity index (χ4n) is 8.52. The minimum atomic E-state index is -3.62. The Morgan fingerprint density at radius 1 is 0.787 bits per heavy atom. The third kappa shape index (κ3) is 16.8. The average Bonchev–Trinajstić information content (AvgIpc) is 3.12. The van der Waals surface area contributed by atoms with Crippen LogP contribution in [0.4, 0.5) is 0 Å². The van der Waals surface area contributed by atoms with Crippen LogP contribution in [0.25, 0.3) is 0 Å². The second kappa shape index (κ2) is 21.5. The van der Waals surface area contributed by atoms with Crippen molar-refractivity contribution in [3.63, 3.8) is 0 Å². The number of hydrogen-bond acceptors (Lipinski definition) is 9. The van der Waals surface area contributed by atoms with Crippen molar-refractivity contribution < 1.29 is 42.3 Å². The summed E-state index contributed by atoms with van der Waals surface area (Å²) in [4.78, 5) is 68.6. The summed E-state index contributed by atoms with van der Waals surface area (Å²) >= 11 is 0. The topological polar surface area (TPSA) is 192 Å². The number of rotatable bonds is 20. The van der Waals surface area contributed by atoms with Crippen molar-refractivity contribution in [2.45, 2.75) is 186 Å². The summed E-state index contributed by atoms with van der Waals surface area (Å²) in [5, 5.41) is 8.82. The molecule has 1 aromatic carbocycles. The number of carbonyl (C=O) groups is 5. The molecule has 0 aliphatic heterocycles. The molecule has 0 unspecified atom stereocenters. The molecule has 13 nitrogen and oxygen atoms in total. The lowest BCUT2D eigenvalue weighted by atomic mass is 9.71. The molecule has 61 heavy (non-hydrogen) atoms. The maximum atomic E-state index is 14.7. The number of benzene rings is 1. The Morgan fingerprint density at radius 3 is 1.80 bits per heavy atom. The Kier molecular flexibility index (Phi) is 18.2. The maximum absolute atomic E-state index is 14.7. The smallest absolute Gasteiger partial charge is 0.336 e. The Hall–Kier alpha value is -3.80. The third-order valence-corrected chi connectivity index (χ3v) is 13.5. The van der Waals surface area contributed by atoms with Crippen LogP contribution < -0.4 is 21.7 Å². The van der Waals surface area contributed by atoms with Crippen molar-refractivity contribution in [1.29, 1.82) is 0 Å². The predicted molar refractivity (Wildman–Crippen MR) is 239 cm³/mol. The van der Waals surface area contributed by atoms with Gasteiger partial charge in [-0.3, -0.25) is 28.5 Å². The van der Waals surface area contributed by atoms with E-state index < -0.39 is 83.8 Å². The monoisotopic (exact) mass is 871 g/mol. The van der Waals surface area contributed by atoms with Gasteiger partial charge in [0.2, 0.25) is 23.6 Å². The first-order valence-electron chi connectivity index (χ1n) is 22.0. The van der Waals surface area contributed by atoms with Gasteiger partial charge in [-0.05, 0) is 111 Å². The van der Waals surface area contributed by atoms with Crippen molar-refractivity contribution >= 4 is 37.2 Å². The summed E-state index contributed by atoms with van der Waals surface area (Å²) in [7, 11) is -3.62. The third-order valence-electron chi connectivity index (χ3n) is 11.1. The van der Waals surface area contributed by atoms with Crippen LogP contribution in [0, 0.1) is 11.3 Å². The minimum Gasteiger partial charge on any atom is -0.460 e. The predicted octanol–water partition coefficient (Wildman–Crippen LogP) is 8.45. The van der Waals surface area contributed by atoms with Crippen molar-refractivity contribution in [3.8, 4) is 0 Å². The molecular formula is C47H75N4O9P. The number of ether oxygens (including phenoxy) is 1. The molecule has 0 heterocycles. The van der Waals surface area contributed by atoms with Crippen molar-refractivity contribution in [2.75, 3.05) is 6.54 Å². The summed E-state index contributed by atoms with van der Waals surface area (Å²) in [5.74, 6) is -4.85. The van der Waals surface area contributed by atoms with Crippen LogP contribution in [-0.2, 0) is 48.5 Å². The molecule has 3 rings (SSSR count). The standard InChI is InChI=1S/C47H75N4O9P/c1-12-24-46(25-16-14-17-26-46)32-49-41(55)37(30-38(48)52)50-42(56)47(27-18-15-19-28-47)51-40(54)36(29-39(53)58-43(3,4)5)35(13-2)34-22-20-33(21-23-34)31-61(57,59-44(6,7)8)60-45(9,10)11/h12-13,20-23,35-37H,1-2,14-19,24-32H2,3-11H3,(H2,48,52)(H,49,55)(H,50,56)(H,51,54)/t35-,36+,37+/m1/s1. The molecular weight excluding hydrogens is 796 g/mol. The fourth-order valence-corrected chi connectivity index (χ4v) is 11.0. The van der Waals surface area contributed by atoms with Crippen LogP contribution in [0.15, 0.2) is 49.6 Å². The van der Waals surface area contributed by atoms with E-state index in [9.17, 15) is 28.5 Å². The Labute approximate surface area is 365 Å². The molecule has 5 N–H and O–H groups in total. The molecule has 14 heteroatoms. The number of allylic oxidation sites excluding steroid dienone is 2. The van der Waals surface area contributed by atoms with Gasteiger partial charge in [-0.25, -0.2) is 0 Å². The largest absolute Gasteiger partial charge is 0.460 e. The zero-order valence-corrected chi connectivity index (χ0v) is 39.3. The normalized spacial score (nSPS) is 18.4. The highest BCUT2D eigenvalue weighted by molar-refractivity contribution is 7.53. The zero-order valence-electron chi connectivity index (χ0n) is 38.4. The lowest BCUT2D eigenvalue weighted by molar-refractivity contribution is -0.157. The highest BCUT2D eigenvalue weighted by Crippen LogP contribution is 2.57. The molecule has 3 atom stereocenters. The van der Waals surface area contributed by atoms with Gasteiger partial charge in [0.15, 0.2) is 0 Å². The fraction of sp³-hybridized carbons (Fsp3) is 0.681. The van der Waals surface area contributed by atoms with Gasteiger partial charge in [-0.2, -0.15) is 0 Å². The quantitative estimate of drug-likeness (QED) is 0.0566. The van der Waals surface area contributed by atoms with Crippen molar-refractivity contribution in [3.05, 3.63) is 60.7 Å². The number of nitrogens with two attached hydrogens (primary N) is 1. The number of nitrogens with one attached hydrogen (secondary N) is 3. The molecule has 4 amide bonds. The molecule has 2 aliphatic carbocycles. The van der Waals surface area contributed by atoms with E-state index in [2.05, 4.69) is 29.1 Å². The highest BCUT2D eigenvalue weighted by Gasteiger charge is 2.45. The first-order valence-corrected chi connectivity index (χ1v) is 23.7. The molecule has 0 spiro atoms. The van der Waals surface area contributed by atoms with E-state index in [0.717, 1.165) is 44.9 Å². The lowest BCUT2D eigenvalue weighted by Crippen LogP contribution is -2.64. The Morgan fingerprint density at radius 2 is 1.33 bits per heavy atom. The van der Waals surface area contributed by atoms with Crippen LogP contribution in [0.5, 0.6) is 0 Å². The molecule has 2 fully saturated rings. The summed E-state index contributed by atoms with van der Waals surface area (Å²) in [5.41, 5.74) is 3.04. The van der Waals surface area contributed by atoms with Gasteiger partial charge in [0.25, 0.3) is 0 Å². The van der Waals surface area contributed by atoms with Gasteiger partial charge in [0.1, 0.15) is 17.2 Å². The molecule has 0 aromatic heterocycles. The number of amides is 4. The van der Waals surface area contributed by atoms with Gasteiger partial charge in [0, 0.05) is 12.5 Å². The zero-order chi connectivity index (χ0) is 45.9. The molecule has 2 saturated carbocycles. The van der Waals surface area contributed by atoms with E-state index in [4.69, 9.17) is 19.5 Å². The van der Waals surface area contributed by atoms with Crippen LogP contribution in [0.1, 0.15) is 163 Å². The summed E-state index contributed by atoms with van der Waals surface area (Å²) in [6.07, 6.45) is 11.2. The Bertz CT molecular complexity index is 1720. The minimum absolute atomic E-state index is 0.00446. The van der Waals surface area contributed by atoms with E-state index in [0.29, 0.717) is 30.5 Å². The molecule has 1 aromatic rings. The molecule has 0 bridgehead atoms. The average molecular weight is 871 g/mol. The van der Waals surface area contributed by atoms with Crippen molar-refractivity contribution in [2.24, 2.45) is 17.1 Å². The van der Waals surface area contributed by atoms with E-state index >= 15 is 0 Å². The second-order valence-electron chi connectivity index (χ2n) is 20.2. The van der Waals surface area contributed by atoms with Crippen LogP contribution >= 0.6 is 7.60 Å². The SMILES string of the molecule is C=CCC1(CNC(=O)[C@H](CC(N)=O)NC(=O)C2(NC(=O)[C@@H](CC(=O)OC(C)(C)C)[C@H](C=C)c3ccc(CP(=O)(OC(C)(C)C)OC(C)(C)C)cc3)CCCCC2)CCCCC1. The molecule has 342 valence electrons. The number of carbonyl (C=O) groups excluding carboxylic acids is 5. The number of hydrogen-bond donors (Lipinski definition) is 4. The van der Waals surface area contributed by atoms with Gasteiger partial charge in [-0.15, -0.1) is 13.2 Å². The van der Waals surface area contributed by atoms with E-state index in [1.165, 1.54) is 0 Å². The molecule has 2 aliphatic rings. The number of primary amides is 1. The summed E-state index contributed by atoms with van der Waals surface area (Å²) in [6, 6.07) is 5.88. The highest BCUT2D eigenvalue weighted by atomic mass is 31.2. The summed E-state index contributed by atoms with van der Waals surface area (Å²) in [6.45, 7) is 24.4. The van der Waals surface area contributed by atoms with Gasteiger partial charge >= 0.3 is 13.6 Å². The maximum Gasteiger partial charge on any atom is 0.336 e. The Balaban J connectivity index is 1.95. The van der Waals surface area contributed by atoms with Crippen molar-refractivity contribution in [1.82, 2.24) is 16.0 Å². The van der Waals surface area contributed by atoms with Crippen LogP contribution in [-0.4, -0.2) is 64.5 Å². The van der Waals surface area contributed by atoms with Crippen LogP contribution in [0.2, 0.25) is 0 Å². The van der Waals surface area contributed by atoms with E-state index in [1.54, 1.807) is 51.1 Å².